The van der Waals surface area contributed by atoms with Crippen LogP contribution >= 0.6 is 38.5 Å². The summed E-state index contributed by atoms with van der Waals surface area (Å²) in [6.45, 7) is 0. The van der Waals surface area contributed by atoms with Crippen LogP contribution < -0.4 is 0 Å². The molecule has 0 aromatic heterocycles. The van der Waals surface area contributed by atoms with Crippen molar-refractivity contribution in [1.29, 1.82) is 5.26 Å². The second-order valence-electron chi connectivity index (χ2n) is 2.46. The van der Waals surface area contributed by atoms with Gasteiger partial charge in [-0.15, -0.1) is 0 Å². The molecule has 0 amide bonds. The monoisotopic (exact) mass is 366 g/mol. The molecule has 1 rings (SSSR count). The van der Waals surface area contributed by atoms with Crippen LogP contribution in [-0.4, -0.2) is 4.92 Å². The van der Waals surface area contributed by atoms with Gasteiger partial charge in [0.25, 0.3) is 5.69 Å². The number of nitriles is 1. The first-order valence-corrected chi connectivity index (χ1v) is 5.73. The Morgan fingerprint density at radius 1 is 1.64 bits per heavy atom. The smallest absolute Gasteiger partial charge is 0.258 e. The summed E-state index contributed by atoms with van der Waals surface area (Å²) in [7, 11) is 0. The van der Waals surface area contributed by atoms with Crippen molar-refractivity contribution in [3.63, 3.8) is 0 Å². The van der Waals surface area contributed by atoms with Gasteiger partial charge in [-0.3, -0.25) is 10.1 Å². The Morgan fingerprint density at radius 2 is 2.29 bits per heavy atom. The third kappa shape index (κ3) is 2.22. The lowest BCUT2D eigenvalue weighted by atomic mass is 10.1. The van der Waals surface area contributed by atoms with Gasteiger partial charge in [0.05, 0.1) is 4.92 Å². The molecule has 0 fully saturated rings. The average molecular weight is 367 g/mol. The molecule has 0 saturated heterocycles. The number of nitro benzene ring substituents is 1. The van der Waals surface area contributed by atoms with Gasteiger partial charge in [-0.25, -0.2) is 0 Å². The fraction of sp³-hybridized carbons (Fsp3) is 0.125. The highest BCUT2D eigenvalue weighted by molar-refractivity contribution is 14.1. The van der Waals surface area contributed by atoms with Crippen molar-refractivity contribution in [2.75, 3.05) is 0 Å². The van der Waals surface area contributed by atoms with Crippen molar-refractivity contribution in [3.05, 3.63) is 36.9 Å². The highest BCUT2D eigenvalue weighted by atomic mass is 127. The summed E-state index contributed by atoms with van der Waals surface area (Å²) in [5.41, 5.74) is 0.646. The van der Waals surface area contributed by atoms with Crippen LogP contribution in [0.4, 0.5) is 5.69 Å². The van der Waals surface area contributed by atoms with Crippen LogP contribution in [0, 0.1) is 25.0 Å². The number of benzene rings is 1. The number of nitrogens with zero attached hydrogens (tertiary/aromatic N) is 2. The summed E-state index contributed by atoms with van der Waals surface area (Å²) < 4.78 is 0.753. The van der Waals surface area contributed by atoms with Gasteiger partial charge in [0.2, 0.25) is 0 Å². The van der Waals surface area contributed by atoms with E-state index in [0.717, 1.165) is 3.57 Å². The Hall–Kier alpha value is -0.680. The van der Waals surface area contributed by atoms with E-state index in [2.05, 4.69) is 15.9 Å². The summed E-state index contributed by atoms with van der Waals surface area (Å²) in [5.74, 6) is 0. The molecular weight excluding hydrogens is 363 g/mol. The second-order valence-corrected chi connectivity index (χ2v) is 4.27. The molecule has 0 aliphatic carbocycles. The van der Waals surface area contributed by atoms with E-state index in [0.29, 0.717) is 10.9 Å². The summed E-state index contributed by atoms with van der Waals surface area (Å²) in [4.78, 5) is 10.1. The Bertz CT molecular complexity index is 428. The molecule has 0 radical (unpaired) electrons. The Labute approximate surface area is 102 Å². The largest absolute Gasteiger partial charge is 0.288 e. The van der Waals surface area contributed by atoms with E-state index in [4.69, 9.17) is 5.26 Å². The lowest BCUT2D eigenvalue weighted by Gasteiger charge is -2.01. The first-order valence-electron chi connectivity index (χ1n) is 3.53. The third-order valence-electron chi connectivity index (χ3n) is 1.62. The molecule has 0 unspecified atom stereocenters. The predicted octanol–water partition coefficient (Wildman–Crippen LogP) is 2.97. The van der Waals surface area contributed by atoms with Crippen molar-refractivity contribution in [1.82, 2.24) is 0 Å². The molecule has 0 spiro atoms. The molecule has 1 aromatic rings. The maximum Gasteiger partial charge on any atom is 0.288 e. The number of alkyl halides is 1. The predicted molar refractivity (Wildman–Crippen MR) is 63.2 cm³/mol. The number of rotatable bonds is 2. The molecule has 0 saturated carbocycles. The lowest BCUT2D eigenvalue weighted by molar-refractivity contribution is -0.385. The van der Waals surface area contributed by atoms with Crippen molar-refractivity contribution < 1.29 is 4.92 Å². The van der Waals surface area contributed by atoms with E-state index in [-0.39, 0.29) is 11.3 Å². The minimum absolute atomic E-state index is 0.131. The van der Waals surface area contributed by atoms with Crippen molar-refractivity contribution in [3.8, 4) is 6.07 Å². The summed E-state index contributed by atoms with van der Waals surface area (Å²) >= 11 is 5.18. The van der Waals surface area contributed by atoms with Gasteiger partial charge in [-0.05, 0) is 34.2 Å². The first kappa shape index (κ1) is 11.4. The molecule has 4 nitrogen and oxygen atoms in total. The maximum absolute atomic E-state index is 10.6. The lowest BCUT2D eigenvalue weighted by Crippen LogP contribution is -1.97. The third-order valence-corrected chi connectivity index (χ3v) is 2.84. The standard InChI is InChI=1S/C8H4BrIN2O2/c9-3-5-1-6(10)2-8(12(13)14)7(5)4-11/h1-2H,3H2. The molecule has 0 N–H and O–H groups in total. The van der Waals surface area contributed by atoms with Crippen molar-refractivity contribution in [2.45, 2.75) is 5.33 Å². The van der Waals surface area contributed by atoms with E-state index in [1.54, 1.807) is 6.07 Å². The highest BCUT2D eigenvalue weighted by Gasteiger charge is 2.18. The molecule has 0 aliphatic rings. The van der Waals surface area contributed by atoms with Gasteiger partial charge in [-0.1, -0.05) is 15.9 Å². The zero-order valence-corrected chi connectivity index (χ0v) is 10.6. The number of halogens is 2. The quantitative estimate of drug-likeness (QED) is 0.350. The molecular formula is C8H4BrIN2O2. The minimum Gasteiger partial charge on any atom is -0.258 e. The van der Waals surface area contributed by atoms with Crippen LogP contribution in [-0.2, 0) is 5.33 Å². The van der Waals surface area contributed by atoms with Crippen molar-refractivity contribution >= 4 is 44.2 Å². The summed E-state index contributed by atoms with van der Waals surface area (Å²) in [5, 5.41) is 19.9. The number of hydrogen-bond donors (Lipinski definition) is 0. The molecule has 0 atom stereocenters. The normalized spacial score (nSPS) is 9.50. The van der Waals surface area contributed by atoms with Crippen LogP contribution in [0.25, 0.3) is 0 Å². The van der Waals surface area contributed by atoms with Gasteiger partial charge < -0.3 is 0 Å². The van der Waals surface area contributed by atoms with Crippen LogP contribution in [0.15, 0.2) is 12.1 Å². The SMILES string of the molecule is N#Cc1c(CBr)cc(I)cc1[N+](=O)[O-]. The minimum atomic E-state index is -0.535. The summed E-state index contributed by atoms with van der Waals surface area (Å²) in [6, 6.07) is 4.99. The molecule has 0 heterocycles. The van der Waals surface area contributed by atoms with Gasteiger partial charge >= 0.3 is 0 Å². The topological polar surface area (TPSA) is 66.9 Å². The molecule has 1 aromatic carbocycles. The zero-order valence-electron chi connectivity index (χ0n) is 6.83. The highest BCUT2D eigenvalue weighted by Crippen LogP contribution is 2.26. The summed E-state index contributed by atoms with van der Waals surface area (Å²) in [6.07, 6.45) is 0. The first-order chi connectivity index (χ1) is 6.60. The Morgan fingerprint density at radius 3 is 2.71 bits per heavy atom. The van der Waals surface area contributed by atoms with E-state index >= 15 is 0 Å². The molecule has 6 heteroatoms. The fourth-order valence-electron chi connectivity index (χ4n) is 1.03. The van der Waals surface area contributed by atoms with Crippen molar-refractivity contribution in [2.24, 2.45) is 0 Å². The number of hydrogen-bond acceptors (Lipinski definition) is 3. The Balaban J connectivity index is 3.49. The maximum atomic E-state index is 10.6. The van der Waals surface area contributed by atoms with E-state index in [9.17, 15) is 10.1 Å². The van der Waals surface area contributed by atoms with Crippen LogP contribution in [0.5, 0.6) is 0 Å². The molecule has 72 valence electrons. The van der Waals surface area contributed by atoms with E-state index in [1.165, 1.54) is 6.07 Å². The van der Waals surface area contributed by atoms with Gasteiger partial charge in [0, 0.05) is 15.0 Å². The van der Waals surface area contributed by atoms with Crippen LogP contribution in [0.1, 0.15) is 11.1 Å². The zero-order chi connectivity index (χ0) is 10.7. The van der Waals surface area contributed by atoms with E-state index < -0.39 is 4.92 Å². The molecule has 0 bridgehead atoms. The van der Waals surface area contributed by atoms with E-state index in [1.807, 2.05) is 28.7 Å². The average Bonchev–Trinajstić information content (AvgIpc) is 2.16. The van der Waals surface area contributed by atoms with Gasteiger partial charge in [0.15, 0.2) is 0 Å². The van der Waals surface area contributed by atoms with Gasteiger partial charge in [0.1, 0.15) is 11.6 Å². The van der Waals surface area contributed by atoms with Gasteiger partial charge in [-0.2, -0.15) is 5.26 Å². The molecule has 14 heavy (non-hydrogen) atoms. The second kappa shape index (κ2) is 4.70. The van der Waals surface area contributed by atoms with Crippen LogP contribution in [0.3, 0.4) is 0 Å². The number of nitro groups is 1. The van der Waals surface area contributed by atoms with Crippen LogP contribution in [0.2, 0.25) is 0 Å². The fourth-order valence-corrected chi connectivity index (χ4v) is 2.14. The Kier molecular flexibility index (Phi) is 3.83. The molecule has 0 aliphatic heterocycles.